The summed E-state index contributed by atoms with van der Waals surface area (Å²) in [6.45, 7) is 2.29. The van der Waals surface area contributed by atoms with Crippen molar-refractivity contribution in [2.24, 2.45) is 5.92 Å². The highest BCUT2D eigenvalue weighted by Gasteiger charge is 2.11. The molecule has 0 aromatic rings. The van der Waals surface area contributed by atoms with Crippen LogP contribution in [-0.4, -0.2) is 12.2 Å². The standard InChI is InChI=1S/C10H20.2CHNO.CH4/c1-2-3-7-10-8-5-4-6-9-10;2*2-1-3;/h10H,2-9H2,1H3;2*2H;1H4. The van der Waals surface area contributed by atoms with Gasteiger partial charge in [0.2, 0.25) is 12.2 Å². The first-order valence-corrected chi connectivity index (χ1v) is 5.84. The lowest BCUT2D eigenvalue weighted by molar-refractivity contribution is 0.331. The Bertz CT molecular complexity index is 187. The molecule has 100 valence electrons. The molecule has 0 aromatic heterocycles. The molecule has 1 aliphatic rings. The van der Waals surface area contributed by atoms with Crippen LogP contribution in [0.15, 0.2) is 0 Å². The normalized spacial score (nSPS) is 13.5. The molecule has 1 aliphatic carbocycles. The van der Waals surface area contributed by atoms with Crippen molar-refractivity contribution in [1.82, 2.24) is 0 Å². The van der Waals surface area contributed by atoms with Crippen LogP contribution in [0.25, 0.3) is 0 Å². The maximum Gasteiger partial charge on any atom is 0.231 e. The van der Waals surface area contributed by atoms with E-state index in [0.717, 1.165) is 18.1 Å². The lowest BCUT2D eigenvalue weighted by Gasteiger charge is -2.20. The Labute approximate surface area is 105 Å². The fourth-order valence-electron chi connectivity index (χ4n) is 1.97. The second kappa shape index (κ2) is 20.2. The highest BCUT2D eigenvalue weighted by Crippen LogP contribution is 2.27. The molecule has 17 heavy (non-hydrogen) atoms. The third kappa shape index (κ3) is 20.8. The second-order valence-corrected chi connectivity index (χ2v) is 3.85. The zero-order valence-corrected chi connectivity index (χ0v) is 10.1. The van der Waals surface area contributed by atoms with E-state index >= 15 is 0 Å². The number of unbranched alkanes of at least 4 members (excludes halogenated alkanes) is 1. The molecule has 0 spiro atoms. The third-order valence-corrected chi connectivity index (χ3v) is 2.69. The van der Waals surface area contributed by atoms with Crippen LogP contribution in [-0.2, 0) is 9.59 Å². The molecule has 0 amide bonds. The van der Waals surface area contributed by atoms with Crippen LogP contribution in [0.5, 0.6) is 0 Å². The molecule has 0 saturated heterocycles. The Morgan fingerprint density at radius 2 is 1.47 bits per heavy atom. The monoisotopic (exact) mass is 242 g/mol. The van der Waals surface area contributed by atoms with Crippen LogP contribution in [0.3, 0.4) is 0 Å². The van der Waals surface area contributed by atoms with Crippen LogP contribution < -0.4 is 0 Å². The van der Waals surface area contributed by atoms with Gasteiger partial charge < -0.3 is 0 Å². The molecule has 1 rings (SSSR count). The number of hydrogen-bond acceptors (Lipinski definition) is 4. The molecule has 0 atom stereocenters. The predicted molar refractivity (Wildman–Crippen MR) is 69.7 cm³/mol. The molecular weight excluding hydrogens is 216 g/mol. The molecule has 0 unspecified atom stereocenters. The van der Waals surface area contributed by atoms with E-state index in [0.29, 0.717) is 0 Å². The van der Waals surface area contributed by atoms with Crippen LogP contribution in [0.2, 0.25) is 0 Å². The SMILES string of the molecule is C.CCCCC1CCCCC1.N=C=O.N=C=O. The second-order valence-electron chi connectivity index (χ2n) is 3.85. The van der Waals surface area contributed by atoms with Crippen molar-refractivity contribution in [2.75, 3.05) is 0 Å². The van der Waals surface area contributed by atoms with Gasteiger partial charge in [0.25, 0.3) is 0 Å². The van der Waals surface area contributed by atoms with Crippen LogP contribution in [0, 0.1) is 16.7 Å². The van der Waals surface area contributed by atoms with Gasteiger partial charge >= 0.3 is 0 Å². The average molecular weight is 242 g/mol. The van der Waals surface area contributed by atoms with Gasteiger partial charge in [0.05, 0.1) is 0 Å². The molecule has 0 aliphatic heterocycles. The van der Waals surface area contributed by atoms with Crippen molar-refractivity contribution in [3.8, 4) is 0 Å². The van der Waals surface area contributed by atoms with Crippen molar-refractivity contribution >= 4 is 12.2 Å². The fourth-order valence-corrected chi connectivity index (χ4v) is 1.97. The number of hydrogen-bond donors (Lipinski definition) is 2. The van der Waals surface area contributed by atoms with E-state index < -0.39 is 0 Å². The summed E-state index contributed by atoms with van der Waals surface area (Å²) in [6, 6.07) is 0. The molecule has 0 bridgehead atoms. The fraction of sp³-hybridized carbons (Fsp3) is 0.846. The van der Waals surface area contributed by atoms with Gasteiger partial charge in [-0.3, -0.25) is 0 Å². The first-order valence-electron chi connectivity index (χ1n) is 5.84. The summed E-state index contributed by atoms with van der Waals surface area (Å²) in [5.41, 5.74) is 0. The highest BCUT2D eigenvalue weighted by molar-refractivity contribution is 5.26. The minimum atomic E-state index is 0. The molecule has 0 radical (unpaired) electrons. The first-order chi connectivity index (χ1) is 7.76. The number of rotatable bonds is 3. The van der Waals surface area contributed by atoms with Gasteiger partial charge in [-0.2, -0.15) is 0 Å². The smallest absolute Gasteiger partial charge is 0.222 e. The average Bonchev–Trinajstić information content (AvgIpc) is 2.30. The summed E-state index contributed by atoms with van der Waals surface area (Å²) >= 11 is 0. The molecule has 2 N–H and O–H groups in total. The van der Waals surface area contributed by atoms with Crippen molar-refractivity contribution < 1.29 is 9.59 Å². The van der Waals surface area contributed by atoms with Gasteiger partial charge in [-0.05, 0) is 5.92 Å². The Morgan fingerprint density at radius 1 is 1.06 bits per heavy atom. The maximum absolute atomic E-state index is 8.35. The third-order valence-electron chi connectivity index (χ3n) is 2.69. The summed E-state index contributed by atoms with van der Waals surface area (Å²) in [5.74, 6) is 1.11. The topological polar surface area (TPSA) is 81.8 Å². The lowest BCUT2D eigenvalue weighted by atomic mass is 9.86. The molecular formula is C13H26N2O2. The lowest BCUT2D eigenvalue weighted by Crippen LogP contribution is -2.05. The van der Waals surface area contributed by atoms with Crippen LogP contribution in [0.4, 0.5) is 0 Å². The number of isocyanates is 2. The molecule has 1 fully saturated rings. The Morgan fingerprint density at radius 3 is 1.82 bits per heavy atom. The van der Waals surface area contributed by atoms with Crippen molar-refractivity contribution in [1.29, 1.82) is 10.8 Å². The largest absolute Gasteiger partial charge is 0.231 e. The van der Waals surface area contributed by atoms with E-state index in [1.165, 1.54) is 51.4 Å². The molecule has 1 saturated carbocycles. The molecule has 4 nitrogen and oxygen atoms in total. The summed E-state index contributed by atoms with van der Waals surface area (Å²) in [5, 5.41) is 10.8. The molecule has 0 aromatic carbocycles. The van der Waals surface area contributed by atoms with E-state index in [9.17, 15) is 0 Å². The maximum atomic E-state index is 8.35. The highest BCUT2D eigenvalue weighted by atomic mass is 16.1. The van der Waals surface area contributed by atoms with Crippen molar-refractivity contribution in [2.45, 2.75) is 65.7 Å². The number of nitrogens with one attached hydrogen (secondary N) is 2. The predicted octanol–water partition coefficient (Wildman–Crippen LogP) is 4.19. The van der Waals surface area contributed by atoms with Gasteiger partial charge in [-0.15, -0.1) is 0 Å². The number of carbonyl (C=O) groups excluding carboxylic acids is 2. The van der Waals surface area contributed by atoms with E-state index in [1.54, 1.807) is 0 Å². The Hall–Kier alpha value is -1.24. The van der Waals surface area contributed by atoms with Crippen molar-refractivity contribution in [3.05, 3.63) is 0 Å². The first kappa shape index (κ1) is 21.1. The van der Waals surface area contributed by atoms with Crippen molar-refractivity contribution in [3.63, 3.8) is 0 Å². The van der Waals surface area contributed by atoms with E-state index in [2.05, 4.69) is 6.92 Å². The van der Waals surface area contributed by atoms with Gasteiger partial charge in [-0.1, -0.05) is 65.7 Å². The molecule has 0 heterocycles. The summed E-state index contributed by atoms with van der Waals surface area (Å²) in [6.07, 6.45) is 13.4. The summed E-state index contributed by atoms with van der Waals surface area (Å²) < 4.78 is 0. The van der Waals surface area contributed by atoms with Gasteiger partial charge in [-0.25, -0.2) is 20.4 Å². The minimum absolute atomic E-state index is 0. The van der Waals surface area contributed by atoms with Gasteiger partial charge in [0.1, 0.15) is 0 Å². The van der Waals surface area contributed by atoms with E-state index in [1.807, 2.05) is 0 Å². The van der Waals surface area contributed by atoms with Gasteiger partial charge in [0.15, 0.2) is 0 Å². The summed E-state index contributed by atoms with van der Waals surface area (Å²) in [7, 11) is 0. The Balaban J connectivity index is -0.000000240. The summed E-state index contributed by atoms with van der Waals surface area (Å²) in [4.78, 5) is 16.7. The quantitative estimate of drug-likeness (QED) is 0.574. The zero-order chi connectivity index (χ0) is 12.6. The van der Waals surface area contributed by atoms with Crippen LogP contribution >= 0.6 is 0 Å². The van der Waals surface area contributed by atoms with E-state index in [-0.39, 0.29) is 7.43 Å². The molecule has 4 heteroatoms. The van der Waals surface area contributed by atoms with Gasteiger partial charge in [0, 0.05) is 0 Å². The Kier molecular flexibility index (Phi) is 25.1. The van der Waals surface area contributed by atoms with E-state index in [4.69, 9.17) is 20.4 Å². The zero-order valence-electron chi connectivity index (χ0n) is 10.1. The minimum Gasteiger partial charge on any atom is -0.222 e. The van der Waals surface area contributed by atoms with Crippen LogP contribution in [0.1, 0.15) is 65.7 Å².